The molecule has 1 fully saturated rings. The predicted molar refractivity (Wildman–Crippen MR) is 162 cm³/mol. The number of anilines is 3. The average molecular weight is 628 g/mol. The number of alkyl halides is 3. The second kappa shape index (κ2) is 15.5. The van der Waals surface area contributed by atoms with Crippen LogP contribution in [0.3, 0.4) is 0 Å². The number of nitrogens with zero attached hydrogens (tertiary/aromatic N) is 3. The molecule has 0 radical (unpaired) electrons. The van der Waals surface area contributed by atoms with Crippen LogP contribution >= 0.6 is 0 Å². The largest absolute Gasteiger partial charge is 0.416 e. The fraction of sp³-hybridized carbons (Fsp3) is 0.438. The number of hydrogen-bond acceptors (Lipinski definition) is 6. The van der Waals surface area contributed by atoms with Crippen molar-refractivity contribution < 1.29 is 37.1 Å². The fourth-order valence-corrected chi connectivity index (χ4v) is 5.40. The first kappa shape index (κ1) is 33.5. The minimum absolute atomic E-state index is 0.0384. The van der Waals surface area contributed by atoms with Crippen molar-refractivity contribution >= 4 is 29.2 Å². The summed E-state index contributed by atoms with van der Waals surface area (Å²) in [7, 11) is 4.11. The lowest BCUT2D eigenvalue weighted by Crippen LogP contribution is -2.43. The summed E-state index contributed by atoms with van der Waals surface area (Å²) in [6, 6.07) is 10.8. The van der Waals surface area contributed by atoms with Crippen molar-refractivity contribution in [1.82, 2.24) is 10.2 Å². The van der Waals surface area contributed by atoms with Crippen molar-refractivity contribution in [3.8, 4) is 11.8 Å². The zero-order chi connectivity index (χ0) is 32.4. The number of urea groups is 1. The van der Waals surface area contributed by atoms with Crippen molar-refractivity contribution in [3.63, 3.8) is 0 Å². The van der Waals surface area contributed by atoms with Gasteiger partial charge in [0.25, 0.3) is 6.20 Å². The van der Waals surface area contributed by atoms with Crippen LogP contribution in [-0.4, -0.2) is 54.5 Å². The molecule has 240 valence electrons. The van der Waals surface area contributed by atoms with Crippen molar-refractivity contribution in [2.45, 2.75) is 56.7 Å². The Morgan fingerprint density at radius 3 is 2.38 bits per heavy atom. The molecule has 1 saturated carbocycles. The number of carbonyl (C=O) groups is 2. The van der Waals surface area contributed by atoms with E-state index in [0.717, 1.165) is 44.4 Å². The molecule has 0 saturated heterocycles. The van der Waals surface area contributed by atoms with Gasteiger partial charge in [-0.3, -0.25) is 14.6 Å². The van der Waals surface area contributed by atoms with E-state index in [0.29, 0.717) is 11.5 Å². The molecule has 2 aromatic carbocycles. The zero-order valence-corrected chi connectivity index (χ0v) is 25.2. The number of hydrogen-bond donors (Lipinski definition) is 4. The quantitative estimate of drug-likeness (QED) is 0.176. The van der Waals surface area contributed by atoms with Gasteiger partial charge >= 0.3 is 18.1 Å². The summed E-state index contributed by atoms with van der Waals surface area (Å²) in [6.45, 7) is 0.898. The van der Waals surface area contributed by atoms with Gasteiger partial charge in [0, 0.05) is 43.6 Å². The molecule has 1 unspecified atom stereocenters. The third kappa shape index (κ3) is 10.1. The van der Waals surface area contributed by atoms with E-state index in [1.807, 2.05) is 0 Å². The van der Waals surface area contributed by atoms with Crippen LogP contribution in [0.15, 0.2) is 59.3 Å². The number of nitrogens with one attached hydrogen (secondary N) is 3. The molecule has 45 heavy (non-hydrogen) atoms. The highest BCUT2D eigenvalue weighted by Gasteiger charge is 2.33. The molecule has 4 N–H and O–H groups in total. The number of amides is 3. The predicted octanol–water partition coefficient (Wildman–Crippen LogP) is 5.42. The summed E-state index contributed by atoms with van der Waals surface area (Å²) in [5.41, 5.74) is -0.777. The summed E-state index contributed by atoms with van der Waals surface area (Å²) < 4.78 is 48.3. The lowest BCUT2D eigenvalue weighted by molar-refractivity contribution is -0.787. The van der Waals surface area contributed by atoms with Crippen molar-refractivity contribution in [3.05, 3.63) is 65.9 Å². The summed E-state index contributed by atoms with van der Waals surface area (Å²) in [4.78, 5) is 28.2. The lowest BCUT2D eigenvalue weighted by atomic mass is 9.86. The standard InChI is InChI=1S/C32H37F3N6O4/c1-40(2)20-22-12-14-27(15-13-22)41-21-29(45-39-41)38-31(44)37-26-18-24(32(33,34)35)17-25(19-26)36-30(43)28(11-7-4-8-16-42)23-9-5-3-6-10-23/h3,5-6,9-10,17-19,21-22,27-28,42H,8,11-16,20H2,1-2H3,(H2-,36,37,38,39,43,44)/p+1. The van der Waals surface area contributed by atoms with E-state index in [1.165, 1.54) is 6.07 Å². The Morgan fingerprint density at radius 2 is 1.73 bits per heavy atom. The van der Waals surface area contributed by atoms with Crippen LogP contribution in [0.25, 0.3) is 0 Å². The fourth-order valence-electron chi connectivity index (χ4n) is 5.40. The van der Waals surface area contributed by atoms with Crippen LogP contribution in [0.5, 0.6) is 0 Å². The molecular formula is C32H38F3N6O4+. The summed E-state index contributed by atoms with van der Waals surface area (Å²) >= 11 is 0. The van der Waals surface area contributed by atoms with Gasteiger partial charge in [-0.25, -0.2) is 4.79 Å². The first-order valence-electron chi connectivity index (χ1n) is 14.8. The van der Waals surface area contributed by atoms with Crippen LogP contribution in [0, 0.1) is 17.8 Å². The van der Waals surface area contributed by atoms with Gasteiger partial charge in [-0.05, 0) is 61.3 Å². The van der Waals surface area contributed by atoms with E-state index in [1.54, 1.807) is 41.2 Å². The van der Waals surface area contributed by atoms with Gasteiger partial charge in [-0.15, -0.1) is 11.8 Å². The molecule has 1 aliphatic carbocycles. The van der Waals surface area contributed by atoms with E-state index < -0.39 is 29.6 Å². The highest BCUT2D eigenvalue weighted by atomic mass is 19.4. The molecule has 1 atom stereocenters. The van der Waals surface area contributed by atoms with Crippen LogP contribution < -0.4 is 20.6 Å². The van der Waals surface area contributed by atoms with Gasteiger partial charge in [-0.1, -0.05) is 30.3 Å². The molecule has 13 heteroatoms. The van der Waals surface area contributed by atoms with Gasteiger partial charge in [-0.2, -0.15) is 13.2 Å². The number of benzene rings is 2. The normalized spacial score (nSPS) is 17.2. The first-order valence-corrected chi connectivity index (χ1v) is 14.8. The summed E-state index contributed by atoms with van der Waals surface area (Å²) in [6.07, 6.45) is 1.07. The molecule has 3 aromatic rings. The van der Waals surface area contributed by atoms with E-state index in [2.05, 4.69) is 52.1 Å². The van der Waals surface area contributed by atoms with Crippen LogP contribution in [-0.2, 0) is 11.0 Å². The average Bonchev–Trinajstić information content (AvgIpc) is 3.45. The van der Waals surface area contributed by atoms with Crippen LogP contribution in [0.4, 0.5) is 35.2 Å². The Kier molecular flexibility index (Phi) is 11.6. The molecule has 1 heterocycles. The molecule has 10 nitrogen and oxygen atoms in total. The van der Waals surface area contributed by atoms with E-state index >= 15 is 0 Å². The Hall–Kier alpha value is -4.41. The van der Waals surface area contributed by atoms with Gasteiger partial charge < -0.3 is 20.6 Å². The molecule has 3 amide bonds. The number of carbonyl (C=O) groups excluding carboxylic acids is 2. The smallest absolute Gasteiger partial charge is 0.395 e. The maximum Gasteiger partial charge on any atom is 0.416 e. The monoisotopic (exact) mass is 627 g/mol. The van der Waals surface area contributed by atoms with Gasteiger partial charge in [0.2, 0.25) is 11.2 Å². The van der Waals surface area contributed by atoms with Crippen molar-refractivity contribution in [2.24, 2.45) is 5.92 Å². The molecular weight excluding hydrogens is 589 g/mol. The van der Waals surface area contributed by atoms with Crippen LogP contribution in [0.2, 0.25) is 0 Å². The van der Waals surface area contributed by atoms with Gasteiger partial charge in [0.15, 0.2) is 6.04 Å². The molecule has 4 rings (SSSR count). The third-order valence-electron chi connectivity index (χ3n) is 7.51. The maximum absolute atomic E-state index is 13.8. The van der Waals surface area contributed by atoms with Crippen molar-refractivity contribution in [1.29, 1.82) is 0 Å². The minimum atomic E-state index is -4.75. The highest BCUT2D eigenvalue weighted by Crippen LogP contribution is 2.34. The Morgan fingerprint density at radius 1 is 1.04 bits per heavy atom. The summed E-state index contributed by atoms with van der Waals surface area (Å²) in [5.74, 6) is 4.90. The summed E-state index contributed by atoms with van der Waals surface area (Å²) in [5, 5.41) is 20.4. The Bertz CT molecular complexity index is 1490. The minimum Gasteiger partial charge on any atom is -0.395 e. The third-order valence-corrected chi connectivity index (χ3v) is 7.51. The lowest BCUT2D eigenvalue weighted by Gasteiger charge is -2.26. The number of rotatable bonds is 10. The molecule has 0 aliphatic heterocycles. The van der Waals surface area contributed by atoms with E-state index in [9.17, 15) is 22.8 Å². The van der Waals surface area contributed by atoms with E-state index in [-0.39, 0.29) is 42.7 Å². The van der Waals surface area contributed by atoms with Gasteiger partial charge in [0.05, 0.1) is 18.1 Å². The SMILES string of the molecule is CN(C)CC1CCC([n+]2cc(NC(=O)Nc3cc(NC(=O)C(CC#CCCO)c4ccccc4)cc(C(F)(F)F)c3)on2)CC1. The number of aromatic nitrogens is 2. The molecule has 1 aromatic heterocycles. The topological polar surface area (TPSA) is 124 Å². The zero-order valence-electron chi connectivity index (χ0n) is 25.2. The highest BCUT2D eigenvalue weighted by molar-refractivity contribution is 6.00. The number of halogens is 3. The Labute approximate surface area is 259 Å². The second-order valence-corrected chi connectivity index (χ2v) is 11.3. The first-order chi connectivity index (χ1) is 21.5. The van der Waals surface area contributed by atoms with Gasteiger partial charge in [0.1, 0.15) is 0 Å². The van der Waals surface area contributed by atoms with E-state index in [4.69, 9.17) is 9.63 Å². The molecule has 0 spiro atoms. The molecule has 1 aliphatic rings. The van der Waals surface area contributed by atoms with Crippen LogP contribution in [0.1, 0.15) is 61.6 Å². The number of aliphatic hydroxyl groups is 1. The van der Waals surface area contributed by atoms with Crippen molar-refractivity contribution in [2.75, 3.05) is 43.2 Å². The maximum atomic E-state index is 13.8. The second-order valence-electron chi connectivity index (χ2n) is 11.3. The number of aliphatic hydroxyl groups excluding tert-OH is 1. The molecule has 0 bridgehead atoms. The Balaban J connectivity index is 1.44.